The lowest BCUT2D eigenvalue weighted by atomic mass is 10.2. The van der Waals surface area contributed by atoms with Crippen LogP contribution in [-0.4, -0.2) is 9.55 Å². The number of aryl methyl sites for hydroxylation is 1. The van der Waals surface area contributed by atoms with Gasteiger partial charge in [-0.3, -0.25) is 9.36 Å². The summed E-state index contributed by atoms with van der Waals surface area (Å²) in [5.41, 5.74) is 0.937. The molecule has 100 valence electrons. The van der Waals surface area contributed by atoms with E-state index in [1.54, 1.807) is 37.3 Å². The number of benzene rings is 2. The van der Waals surface area contributed by atoms with Gasteiger partial charge in [-0.15, -0.1) is 0 Å². The summed E-state index contributed by atoms with van der Waals surface area (Å²) in [6.45, 7) is 1.73. The fourth-order valence-electron chi connectivity index (χ4n) is 2.16. The van der Waals surface area contributed by atoms with Gasteiger partial charge < -0.3 is 0 Å². The first-order valence-corrected chi connectivity index (χ1v) is 6.39. The molecule has 5 heteroatoms. The largest absolute Gasteiger partial charge is 0.268 e. The van der Waals surface area contributed by atoms with Crippen molar-refractivity contribution in [3.05, 3.63) is 69.5 Å². The number of hydrogen-bond donors (Lipinski definition) is 0. The molecule has 0 amide bonds. The number of rotatable bonds is 1. The molecule has 3 aromatic rings. The summed E-state index contributed by atoms with van der Waals surface area (Å²) in [5, 5.41) is 1.01. The van der Waals surface area contributed by atoms with E-state index in [9.17, 15) is 9.18 Å². The molecule has 0 bridgehead atoms. The topological polar surface area (TPSA) is 34.9 Å². The first kappa shape index (κ1) is 12.8. The number of aromatic nitrogens is 2. The molecule has 0 aliphatic carbocycles. The molecule has 2 aromatic carbocycles. The van der Waals surface area contributed by atoms with Crippen molar-refractivity contribution in [1.82, 2.24) is 9.55 Å². The third kappa shape index (κ3) is 2.08. The molecule has 0 saturated heterocycles. The molecule has 3 rings (SSSR count). The first-order valence-electron chi connectivity index (χ1n) is 6.01. The average Bonchev–Trinajstić information content (AvgIpc) is 2.40. The summed E-state index contributed by atoms with van der Waals surface area (Å²) in [7, 11) is 0. The van der Waals surface area contributed by atoms with Crippen molar-refractivity contribution in [2.75, 3.05) is 0 Å². The van der Waals surface area contributed by atoms with E-state index in [0.29, 0.717) is 27.4 Å². The summed E-state index contributed by atoms with van der Waals surface area (Å²) in [5.74, 6) is 0.177. The Hall–Kier alpha value is -2.20. The second-order valence-electron chi connectivity index (χ2n) is 4.44. The van der Waals surface area contributed by atoms with Crippen molar-refractivity contribution >= 4 is 22.5 Å². The van der Waals surface area contributed by atoms with Crippen LogP contribution in [0.1, 0.15) is 5.82 Å². The predicted molar refractivity (Wildman–Crippen MR) is 77.0 cm³/mol. The van der Waals surface area contributed by atoms with Crippen LogP contribution in [-0.2, 0) is 0 Å². The Morgan fingerprint density at radius 2 is 1.85 bits per heavy atom. The minimum Gasteiger partial charge on any atom is -0.268 e. The third-order valence-electron chi connectivity index (χ3n) is 3.08. The summed E-state index contributed by atoms with van der Waals surface area (Å²) < 4.78 is 14.4. The molecule has 0 spiro atoms. The van der Waals surface area contributed by atoms with Gasteiger partial charge in [0.2, 0.25) is 0 Å². The van der Waals surface area contributed by atoms with Crippen molar-refractivity contribution in [3.63, 3.8) is 0 Å². The van der Waals surface area contributed by atoms with Crippen LogP contribution in [0.5, 0.6) is 0 Å². The van der Waals surface area contributed by atoms with E-state index >= 15 is 0 Å². The average molecular weight is 289 g/mol. The Labute approximate surface area is 119 Å². The van der Waals surface area contributed by atoms with Gasteiger partial charge in [0, 0.05) is 5.02 Å². The highest BCUT2D eigenvalue weighted by Gasteiger charge is 2.10. The zero-order chi connectivity index (χ0) is 14.3. The Morgan fingerprint density at radius 1 is 1.15 bits per heavy atom. The van der Waals surface area contributed by atoms with E-state index in [1.807, 2.05) is 0 Å². The van der Waals surface area contributed by atoms with E-state index in [2.05, 4.69) is 4.98 Å². The SMILES string of the molecule is Cc1nc2cc(Cl)ccc2c(=O)n1-c1ccc(F)cc1. The van der Waals surface area contributed by atoms with Gasteiger partial charge in [-0.2, -0.15) is 0 Å². The summed E-state index contributed by atoms with van der Waals surface area (Å²) in [6.07, 6.45) is 0. The lowest BCUT2D eigenvalue weighted by Crippen LogP contribution is -2.22. The Kier molecular flexibility index (Phi) is 3.03. The van der Waals surface area contributed by atoms with Crippen LogP contribution in [0.3, 0.4) is 0 Å². The molecule has 1 heterocycles. The second kappa shape index (κ2) is 4.72. The fourth-order valence-corrected chi connectivity index (χ4v) is 2.33. The Morgan fingerprint density at radius 3 is 2.55 bits per heavy atom. The van der Waals surface area contributed by atoms with Crippen molar-refractivity contribution in [2.45, 2.75) is 6.92 Å². The highest BCUT2D eigenvalue weighted by atomic mass is 35.5. The molecule has 20 heavy (non-hydrogen) atoms. The molecule has 0 atom stereocenters. The molecule has 0 aliphatic rings. The number of hydrogen-bond acceptors (Lipinski definition) is 2. The molecule has 0 fully saturated rings. The highest BCUT2D eigenvalue weighted by Crippen LogP contribution is 2.17. The van der Waals surface area contributed by atoms with E-state index in [0.717, 1.165) is 0 Å². The van der Waals surface area contributed by atoms with E-state index in [4.69, 9.17) is 11.6 Å². The van der Waals surface area contributed by atoms with Gasteiger partial charge in [0.05, 0.1) is 16.6 Å². The monoisotopic (exact) mass is 288 g/mol. The molecule has 0 aliphatic heterocycles. The van der Waals surface area contributed by atoms with Gasteiger partial charge >= 0.3 is 0 Å². The van der Waals surface area contributed by atoms with Crippen LogP contribution >= 0.6 is 11.6 Å². The van der Waals surface area contributed by atoms with Gasteiger partial charge in [0.1, 0.15) is 11.6 Å². The summed E-state index contributed by atoms with van der Waals surface area (Å²) in [6, 6.07) is 10.7. The van der Waals surface area contributed by atoms with Crippen LogP contribution in [0.15, 0.2) is 47.3 Å². The van der Waals surface area contributed by atoms with Crippen LogP contribution in [0.25, 0.3) is 16.6 Å². The summed E-state index contributed by atoms with van der Waals surface area (Å²) >= 11 is 5.91. The first-order chi connectivity index (χ1) is 9.56. The fraction of sp³-hybridized carbons (Fsp3) is 0.0667. The Bertz CT molecular complexity index is 856. The number of nitrogens with zero attached hydrogens (tertiary/aromatic N) is 2. The van der Waals surface area contributed by atoms with Crippen LogP contribution < -0.4 is 5.56 Å². The Balaban J connectivity index is 2.34. The third-order valence-corrected chi connectivity index (χ3v) is 3.32. The predicted octanol–water partition coefficient (Wildman–Crippen LogP) is 3.49. The highest BCUT2D eigenvalue weighted by molar-refractivity contribution is 6.31. The molecular weight excluding hydrogens is 279 g/mol. The smallest absolute Gasteiger partial charge is 0.265 e. The van der Waals surface area contributed by atoms with Crippen LogP contribution in [0.2, 0.25) is 5.02 Å². The minimum atomic E-state index is -0.347. The van der Waals surface area contributed by atoms with E-state index in [1.165, 1.54) is 16.7 Å². The van der Waals surface area contributed by atoms with Gasteiger partial charge in [0.15, 0.2) is 0 Å². The minimum absolute atomic E-state index is 0.198. The number of fused-ring (bicyclic) bond motifs is 1. The normalized spacial score (nSPS) is 10.9. The maximum absolute atomic E-state index is 13.0. The molecule has 3 nitrogen and oxygen atoms in total. The maximum Gasteiger partial charge on any atom is 0.265 e. The standard InChI is InChI=1S/C15H10ClFN2O/c1-9-18-14-8-10(16)2-7-13(14)15(20)19(9)12-5-3-11(17)4-6-12/h2-8H,1H3. The number of halogens is 2. The van der Waals surface area contributed by atoms with Crippen LogP contribution in [0.4, 0.5) is 4.39 Å². The van der Waals surface area contributed by atoms with Crippen LogP contribution in [0, 0.1) is 12.7 Å². The lowest BCUT2D eigenvalue weighted by molar-refractivity contribution is 0.627. The molecule has 1 aromatic heterocycles. The second-order valence-corrected chi connectivity index (χ2v) is 4.87. The van der Waals surface area contributed by atoms with Gasteiger partial charge in [-0.1, -0.05) is 11.6 Å². The van der Waals surface area contributed by atoms with E-state index in [-0.39, 0.29) is 11.4 Å². The van der Waals surface area contributed by atoms with E-state index < -0.39 is 0 Å². The molecule has 0 saturated carbocycles. The molecular formula is C15H10ClFN2O. The lowest BCUT2D eigenvalue weighted by Gasteiger charge is -2.10. The van der Waals surface area contributed by atoms with Crippen molar-refractivity contribution in [1.29, 1.82) is 0 Å². The molecule has 0 N–H and O–H groups in total. The quantitative estimate of drug-likeness (QED) is 0.687. The van der Waals surface area contributed by atoms with Gasteiger partial charge in [-0.25, -0.2) is 9.37 Å². The van der Waals surface area contributed by atoms with Crippen molar-refractivity contribution in [2.24, 2.45) is 0 Å². The summed E-state index contributed by atoms with van der Waals surface area (Å²) in [4.78, 5) is 16.9. The molecule has 0 radical (unpaired) electrons. The zero-order valence-corrected chi connectivity index (χ0v) is 11.4. The maximum atomic E-state index is 13.0. The van der Waals surface area contributed by atoms with Crippen molar-refractivity contribution < 1.29 is 4.39 Å². The molecule has 0 unspecified atom stereocenters. The zero-order valence-electron chi connectivity index (χ0n) is 10.6. The van der Waals surface area contributed by atoms with Crippen molar-refractivity contribution in [3.8, 4) is 5.69 Å². The van der Waals surface area contributed by atoms with Gasteiger partial charge in [-0.05, 0) is 49.4 Å². The van der Waals surface area contributed by atoms with Gasteiger partial charge in [0.25, 0.3) is 5.56 Å².